The van der Waals surface area contributed by atoms with Crippen molar-refractivity contribution in [3.8, 4) is 5.88 Å². The average molecular weight is 460 g/mol. The third kappa shape index (κ3) is 7.62. The molecule has 1 fully saturated rings. The van der Waals surface area contributed by atoms with Crippen LogP contribution in [0.2, 0.25) is 0 Å². The molecule has 2 amide bonds. The second kappa shape index (κ2) is 11.8. The van der Waals surface area contributed by atoms with Gasteiger partial charge in [-0.25, -0.2) is 9.78 Å². The highest BCUT2D eigenvalue weighted by Gasteiger charge is 2.23. The quantitative estimate of drug-likeness (QED) is 0.452. The summed E-state index contributed by atoms with van der Waals surface area (Å²) in [5.41, 5.74) is 2.65. The minimum atomic E-state index is -0.778. The molecule has 0 radical (unpaired) electrons. The summed E-state index contributed by atoms with van der Waals surface area (Å²) in [6.45, 7) is 1.13. The van der Waals surface area contributed by atoms with Gasteiger partial charge in [0.25, 0.3) is 0 Å². The standard InChI is InChI=1S/C27H29N3O4/c31-26(29-17-23-13-14-25(28-16-23)33-18-22-11-12-22)24(15-20-7-3-1-4-8-20)30-27(32)34-19-21-9-5-2-6-10-21/h1-10,13-14,16,22,24H,11-12,15,17-19H2,(H,29,31)(H,30,32). The fraction of sp³-hybridized carbons (Fsp3) is 0.296. The van der Waals surface area contributed by atoms with E-state index in [4.69, 9.17) is 9.47 Å². The summed E-state index contributed by atoms with van der Waals surface area (Å²) in [7, 11) is 0. The van der Waals surface area contributed by atoms with Crippen LogP contribution < -0.4 is 15.4 Å². The van der Waals surface area contributed by atoms with E-state index in [1.807, 2.05) is 72.8 Å². The number of nitrogens with zero attached hydrogens (tertiary/aromatic N) is 1. The van der Waals surface area contributed by atoms with Gasteiger partial charge in [0.2, 0.25) is 11.8 Å². The first-order valence-corrected chi connectivity index (χ1v) is 11.5. The number of pyridine rings is 1. The van der Waals surface area contributed by atoms with E-state index in [0.717, 1.165) is 16.7 Å². The average Bonchev–Trinajstić information content (AvgIpc) is 3.71. The van der Waals surface area contributed by atoms with Crippen molar-refractivity contribution in [2.75, 3.05) is 6.61 Å². The van der Waals surface area contributed by atoms with Crippen molar-refractivity contribution in [3.63, 3.8) is 0 Å². The monoisotopic (exact) mass is 459 g/mol. The lowest BCUT2D eigenvalue weighted by Gasteiger charge is -2.19. The van der Waals surface area contributed by atoms with Crippen LogP contribution in [0.3, 0.4) is 0 Å². The lowest BCUT2D eigenvalue weighted by atomic mass is 10.1. The maximum Gasteiger partial charge on any atom is 0.408 e. The van der Waals surface area contributed by atoms with Crippen molar-refractivity contribution in [3.05, 3.63) is 95.7 Å². The van der Waals surface area contributed by atoms with Crippen LogP contribution >= 0.6 is 0 Å². The number of alkyl carbamates (subject to hydrolysis) is 1. The number of benzene rings is 2. The molecule has 2 N–H and O–H groups in total. The summed E-state index contributed by atoms with van der Waals surface area (Å²) in [5.74, 6) is 0.954. The summed E-state index contributed by atoms with van der Waals surface area (Å²) in [6.07, 6.45) is 3.85. The van der Waals surface area contributed by atoms with Gasteiger partial charge in [-0.05, 0) is 35.4 Å². The number of amides is 2. The Kier molecular flexibility index (Phi) is 8.11. The molecule has 2 aromatic carbocycles. The predicted octanol–water partition coefficient (Wildman–Crippen LogP) is 4.02. The van der Waals surface area contributed by atoms with E-state index in [9.17, 15) is 9.59 Å². The molecule has 0 bridgehead atoms. The van der Waals surface area contributed by atoms with E-state index < -0.39 is 12.1 Å². The summed E-state index contributed by atoms with van der Waals surface area (Å²) in [6, 6.07) is 21.9. The summed E-state index contributed by atoms with van der Waals surface area (Å²) >= 11 is 0. The van der Waals surface area contributed by atoms with Gasteiger partial charge in [-0.15, -0.1) is 0 Å². The molecule has 7 heteroatoms. The lowest BCUT2D eigenvalue weighted by molar-refractivity contribution is -0.123. The summed E-state index contributed by atoms with van der Waals surface area (Å²) in [5, 5.41) is 5.59. The van der Waals surface area contributed by atoms with Gasteiger partial charge in [-0.1, -0.05) is 66.7 Å². The van der Waals surface area contributed by atoms with Crippen LogP contribution in [0.1, 0.15) is 29.5 Å². The largest absolute Gasteiger partial charge is 0.477 e. The molecule has 1 unspecified atom stereocenters. The predicted molar refractivity (Wildman–Crippen MR) is 128 cm³/mol. The van der Waals surface area contributed by atoms with Gasteiger partial charge in [0.05, 0.1) is 6.61 Å². The zero-order chi connectivity index (χ0) is 23.6. The SMILES string of the molecule is O=C(NC(Cc1ccccc1)C(=O)NCc1ccc(OCC2CC2)nc1)OCc1ccccc1. The molecule has 0 aliphatic heterocycles. The van der Waals surface area contributed by atoms with Crippen molar-refractivity contribution < 1.29 is 19.1 Å². The van der Waals surface area contributed by atoms with Crippen molar-refractivity contribution >= 4 is 12.0 Å². The molecule has 4 rings (SSSR count). The minimum absolute atomic E-state index is 0.132. The van der Waals surface area contributed by atoms with E-state index in [-0.39, 0.29) is 12.5 Å². The third-order valence-electron chi connectivity index (χ3n) is 5.53. The molecule has 1 aliphatic carbocycles. The summed E-state index contributed by atoms with van der Waals surface area (Å²) in [4.78, 5) is 29.7. The molecule has 176 valence electrons. The van der Waals surface area contributed by atoms with Crippen molar-refractivity contribution in [2.24, 2.45) is 5.92 Å². The molecule has 3 aromatic rings. The Bertz CT molecular complexity index is 1050. The molecule has 0 saturated heterocycles. The van der Waals surface area contributed by atoms with Gasteiger partial charge in [-0.2, -0.15) is 0 Å². The fourth-order valence-electron chi connectivity index (χ4n) is 3.37. The molecule has 0 spiro atoms. The number of carbonyl (C=O) groups is 2. The maximum atomic E-state index is 13.0. The van der Waals surface area contributed by atoms with Crippen LogP contribution in [0.25, 0.3) is 0 Å². The van der Waals surface area contributed by atoms with E-state index in [1.165, 1.54) is 12.8 Å². The highest BCUT2D eigenvalue weighted by atomic mass is 16.5. The Morgan fingerprint density at radius 3 is 2.26 bits per heavy atom. The number of hydrogen-bond donors (Lipinski definition) is 2. The fourth-order valence-corrected chi connectivity index (χ4v) is 3.37. The summed E-state index contributed by atoms with van der Waals surface area (Å²) < 4.78 is 11.0. The smallest absolute Gasteiger partial charge is 0.408 e. The molecule has 1 aliphatic rings. The first-order valence-electron chi connectivity index (χ1n) is 11.5. The number of aromatic nitrogens is 1. The van der Waals surface area contributed by atoms with E-state index in [2.05, 4.69) is 15.6 Å². The van der Waals surface area contributed by atoms with Gasteiger partial charge in [0.15, 0.2) is 0 Å². The van der Waals surface area contributed by atoms with Gasteiger partial charge in [-0.3, -0.25) is 4.79 Å². The highest BCUT2D eigenvalue weighted by Crippen LogP contribution is 2.29. The van der Waals surface area contributed by atoms with Gasteiger partial charge in [0, 0.05) is 25.2 Å². The third-order valence-corrected chi connectivity index (χ3v) is 5.53. The minimum Gasteiger partial charge on any atom is -0.477 e. The van der Waals surface area contributed by atoms with E-state index in [0.29, 0.717) is 31.4 Å². The Hall–Kier alpha value is -3.87. The van der Waals surface area contributed by atoms with Crippen LogP contribution in [-0.2, 0) is 29.1 Å². The second-order valence-electron chi connectivity index (χ2n) is 8.43. The van der Waals surface area contributed by atoms with Crippen molar-refractivity contribution in [1.82, 2.24) is 15.6 Å². The Morgan fingerprint density at radius 2 is 1.62 bits per heavy atom. The van der Waals surface area contributed by atoms with Crippen LogP contribution in [0.5, 0.6) is 5.88 Å². The second-order valence-corrected chi connectivity index (χ2v) is 8.43. The van der Waals surface area contributed by atoms with Gasteiger partial charge in [0.1, 0.15) is 12.6 Å². The number of ether oxygens (including phenoxy) is 2. The first-order chi connectivity index (χ1) is 16.7. The molecule has 34 heavy (non-hydrogen) atoms. The van der Waals surface area contributed by atoms with Gasteiger partial charge < -0.3 is 20.1 Å². The molecule has 1 saturated carbocycles. The molecule has 1 heterocycles. The molecule has 7 nitrogen and oxygen atoms in total. The van der Waals surface area contributed by atoms with Crippen molar-refractivity contribution in [2.45, 2.75) is 38.5 Å². The van der Waals surface area contributed by atoms with Crippen LogP contribution in [0.4, 0.5) is 4.79 Å². The topological polar surface area (TPSA) is 89.6 Å². The molecule has 1 atom stereocenters. The highest BCUT2D eigenvalue weighted by molar-refractivity contribution is 5.85. The number of rotatable bonds is 11. The number of carbonyl (C=O) groups excluding carboxylic acids is 2. The Morgan fingerprint density at radius 1 is 0.912 bits per heavy atom. The van der Waals surface area contributed by atoms with E-state index in [1.54, 1.807) is 6.20 Å². The first kappa shape index (κ1) is 23.3. The number of hydrogen-bond acceptors (Lipinski definition) is 5. The molecular weight excluding hydrogens is 430 g/mol. The van der Waals surface area contributed by atoms with Crippen LogP contribution in [-0.4, -0.2) is 29.6 Å². The lowest BCUT2D eigenvalue weighted by Crippen LogP contribution is -2.48. The van der Waals surface area contributed by atoms with Crippen LogP contribution in [0, 0.1) is 5.92 Å². The zero-order valence-corrected chi connectivity index (χ0v) is 19.0. The Balaban J connectivity index is 1.31. The zero-order valence-electron chi connectivity index (χ0n) is 19.0. The molecule has 1 aromatic heterocycles. The van der Waals surface area contributed by atoms with Gasteiger partial charge >= 0.3 is 6.09 Å². The van der Waals surface area contributed by atoms with Crippen molar-refractivity contribution in [1.29, 1.82) is 0 Å². The van der Waals surface area contributed by atoms with Crippen LogP contribution in [0.15, 0.2) is 79.0 Å². The Labute approximate surface area is 199 Å². The normalized spacial score (nSPS) is 13.5. The van der Waals surface area contributed by atoms with E-state index >= 15 is 0 Å². The maximum absolute atomic E-state index is 13.0. The number of nitrogens with one attached hydrogen (secondary N) is 2. The molecular formula is C27H29N3O4.